The molecule has 12 nitrogen and oxygen atoms in total. The SMILES string of the molecule is CSc1ccc(C(=O)Nc2cnc(-c3ccc(F)cc3)n(CC(=O)N[C@@H](CC(=O)O)C(=O)COC(=O)c3c(Cl)cccc3Cl)c2=O)cc1. The van der Waals surface area contributed by atoms with Crippen LogP contribution < -0.4 is 16.2 Å². The number of carbonyl (C=O) groups excluding carboxylic acids is 4. The molecule has 3 N–H and O–H groups in total. The van der Waals surface area contributed by atoms with Crippen molar-refractivity contribution in [3.63, 3.8) is 0 Å². The molecule has 0 radical (unpaired) electrons. The average Bonchev–Trinajstić information content (AvgIpc) is 3.05. The highest BCUT2D eigenvalue weighted by molar-refractivity contribution is 7.98. The molecule has 4 rings (SSSR count). The van der Waals surface area contributed by atoms with E-state index < -0.39 is 66.5 Å². The predicted octanol–water partition coefficient (Wildman–Crippen LogP) is 4.72. The molecule has 0 aliphatic heterocycles. The number of thioether (sulfide) groups is 1. The van der Waals surface area contributed by atoms with Crippen LogP contribution in [0.5, 0.6) is 0 Å². The Labute approximate surface area is 286 Å². The molecule has 248 valence electrons. The Morgan fingerprint density at radius 1 is 1.00 bits per heavy atom. The van der Waals surface area contributed by atoms with Crippen molar-refractivity contribution < 1.29 is 38.2 Å². The first-order valence-corrected chi connectivity index (χ1v) is 15.8. The largest absolute Gasteiger partial charge is 0.481 e. The van der Waals surface area contributed by atoms with Gasteiger partial charge in [-0.15, -0.1) is 11.8 Å². The number of ether oxygens (including phenoxy) is 1. The zero-order valence-electron chi connectivity index (χ0n) is 24.9. The number of benzene rings is 3. The van der Waals surface area contributed by atoms with Crippen LogP contribution in [0.1, 0.15) is 27.1 Å². The van der Waals surface area contributed by atoms with Crippen LogP contribution in [0.3, 0.4) is 0 Å². The fourth-order valence-electron chi connectivity index (χ4n) is 4.30. The molecule has 16 heteroatoms. The van der Waals surface area contributed by atoms with Gasteiger partial charge in [-0.2, -0.15) is 0 Å². The van der Waals surface area contributed by atoms with E-state index in [4.69, 9.17) is 27.9 Å². The molecule has 0 saturated heterocycles. The number of aromatic nitrogens is 2. The maximum absolute atomic E-state index is 13.7. The molecule has 1 aromatic heterocycles. The van der Waals surface area contributed by atoms with E-state index >= 15 is 0 Å². The zero-order valence-corrected chi connectivity index (χ0v) is 27.2. The third-order valence-electron chi connectivity index (χ3n) is 6.67. The Morgan fingerprint density at radius 2 is 1.65 bits per heavy atom. The number of halogens is 3. The Balaban J connectivity index is 1.57. The van der Waals surface area contributed by atoms with Crippen molar-refractivity contribution in [2.24, 2.45) is 0 Å². The van der Waals surface area contributed by atoms with Crippen LogP contribution in [0.4, 0.5) is 10.1 Å². The molecule has 0 aliphatic carbocycles. The number of hydrogen-bond acceptors (Lipinski definition) is 9. The number of nitrogens with one attached hydrogen (secondary N) is 2. The Kier molecular flexibility index (Phi) is 12.1. The van der Waals surface area contributed by atoms with Crippen molar-refractivity contribution in [2.75, 3.05) is 18.2 Å². The van der Waals surface area contributed by atoms with Crippen LogP contribution in [0, 0.1) is 5.82 Å². The number of Topliss-reactive ketones (excluding diaryl/α,β-unsaturated/α-hetero) is 1. The highest BCUT2D eigenvalue weighted by Crippen LogP contribution is 2.25. The molecule has 1 atom stereocenters. The van der Waals surface area contributed by atoms with Crippen molar-refractivity contribution >= 4 is 70.2 Å². The Bertz CT molecular complexity index is 1920. The van der Waals surface area contributed by atoms with E-state index in [0.29, 0.717) is 0 Å². The number of ketones is 1. The lowest BCUT2D eigenvalue weighted by Crippen LogP contribution is -2.46. The summed E-state index contributed by atoms with van der Waals surface area (Å²) in [5.41, 5.74) is -0.908. The highest BCUT2D eigenvalue weighted by Gasteiger charge is 2.27. The van der Waals surface area contributed by atoms with Crippen LogP contribution in [0.2, 0.25) is 10.0 Å². The summed E-state index contributed by atoms with van der Waals surface area (Å²) in [6.07, 6.45) is 2.06. The predicted molar refractivity (Wildman–Crippen MR) is 176 cm³/mol. The van der Waals surface area contributed by atoms with Gasteiger partial charge in [0, 0.05) is 16.0 Å². The first-order valence-electron chi connectivity index (χ1n) is 13.8. The number of hydrogen-bond donors (Lipinski definition) is 3. The van der Waals surface area contributed by atoms with Crippen LogP contribution in [-0.4, -0.2) is 63.1 Å². The number of esters is 1. The molecule has 0 fully saturated rings. The quantitative estimate of drug-likeness (QED) is 0.130. The van der Waals surface area contributed by atoms with Crippen molar-refractivity contribution in [2.45, 2.75) is 23.9 Å². The number of carboxylic acid groups (broad SMARTS) is 1. The van der Waals surface area contributed by atoms with Gasteiger partial charge >= 0.3 is 11.9 Å². The van der Waals surface area contributed by atoms with Crippen molar-refractivity contribution in [1.29, 1.82) is 0 Å². The minimum Gasteiger partial charge on any atom is -0.481 e. The van der Waals surface area contributed by atoms with Gasteiger partial charge in [0.1, 0.15) is 29.9 Å². The number of carboxylic acids is 1. The fourth-order valence-corrected chi connectivity index (χ4v) is 5.26. The zero-order chi connectivity index (χ0) is 35.0. The fraction of sp³-hybridized carbons (Fsp3) is 0.156. The van der Waals surface area contributed by atoms with E-state index in [9.17, 15) is 38.3 Å². The average molecular weight is 716 g/mol. The summed E-state index contributed by atoms with van der Waals surface area (Å²) in [6, 6.07) is 14.0. The smallest absolute Gasteiger partial charge is 0.341 e. The Morgan fingerprint density at radius 3 is 2.25 bits per heavy atom. The summed E-state index contributed by atoms with van der Waals surface area (Å²) in [5, 5.41) is 14.0. The van der Waals surface area contributed by atoms with Gasteiger partial charge in [-0.05, 0) is 66.9 Å². The van der Waals surface area contributed by atoms with E-state index in [-0.39, 0.29) is 38.2 Å². The molecule has 0 saturated carbocycles. The molecule has 0 spiro atoms. The maximum Gasteiger partial charge on any atom is 0.341 e. The summed E-state index contributed by atoms with van der Waals surface area (Å²) in [4.78, 5) is 81.8. The molecule has 0 unspecified atom stereocenters. The molecule has 1 heterocycles. The first-order chi connectivity index (χ1) is 22.9. The topological polar surface area (TPSA) is 174 Å². The van der Waals surface area contributed by atoms with Crippen LogP contribution in [-0.2, 0) is 25.7 Å². The van der Waals surface area contributed by atoms with E-state index in [0.717, 1.165) is 27.8 Å². The number of amides is 2. The monoisotopic (exact) mass is 714 g/mol. The maximum atomic E-state index is 13.7. The summed E-state index contributed by atoms with van der Waals surface area (Å²) < 4.78 is 19.5. The summed E-state index contributed by atoms with van der Waals surface area (Å²) in [7, 11) is 0. The van der Waals surface area contributed by atoms with Gasteiger partial charge in [0.15, 0.2) is 12.4 Å². The minimum absolute atomic E-state index is 0.0433. The molecule has 0 aliphatic rings. The third kappa shape index (κ3) is 9.06. The molecular formula is C32H25Cl2FN4O8S. The van der Waals surface area contributed by atoms with Crippen molar-refractivity contribution in [1.82, 2.24) is 14.9 Å². The normalized spacial score (nSPS) is 11.3. The van der Waals surface area contributed by atoms with Crippen molar-refractivity contribution in [3.05, 3.63) is 110 Å². The molecule has 3 aromatic carbocycles. The summed E-state index contributed by atoms with van der Waals surface area (Å²) >= 11 is 13.5. The number of anilines is 1. The van der Waals surface area contributed by atoms with Crippen LogP contribution >= 0.6 is 35.0 Å². The molecular weight excluding hydrogens is 690 g/mol. The molecule has 0 bridgehead atoms. The first kappa shape index (κ1) is 35.8. The van der Waals surface area contributed by atoms with Gasteiger partial charge in [-0.25, -0.2) is 14.2 Å². The van der Waals surface area contributed by atoms with E-state index in [2.05, 4.69) is 15.6 Å². The second-order valence-corrected chi connectivity index (χ2v) is 11.6. The lowest BCUT2D eigenvalue weighted by atomic mass is 10.1. The minimum atomic E-state index is -1.69. The van der Waals surface area contributed by atoms with E-state index in [1.807, 2.05) is 6.26 Å². The van der Waals surface area contributed by atoms with Gasteiger partial charge in [-0.3, -0.25) is 28.5 Å². The second-order valence-electron chi connectivity index (χ2n) is 9.93. The van der Waals surface area contributed by atoms with Gasteiger partial charge in [-0.1, -0.05) is 29.3 Å². The van der Waals surface area contributed by atoms with E-state index in [1.165, 1.54) is 42.1 Å². The number of carbonyl (C=O) groups is 5. The van der Waals surface area contributed by atoms with Crippen LogP contribution in [0.25, 0.3) is 11.4 Å². The lowest BCUT2D eigenvalue weighted by molar-refractivity contribution is -0.140. The van der Waals surface area contributed by atoms with Crippen molar-refractivity contribution in [3.8, 4) is 11.4 Å². The summed E-state index contributed by atoms with van der Waals surface area (Å²) in [5.74, 6) is -5.81. The van der Waals surface area contributed by atoms with Gasteiger partial charge in [0.25, 0.3) is 11.5 Å². The number of aliphatic carboxylic acids is 1. The molecule has 2 amide bonds. The number of rotatable bonds is 13. The third-order valence-corrected chi connectivity index (χ3v) is 8.04. The molecule has 48 heavy (non-hydrogen) atoms. The van der Waals surface area contributed by atoms with Crippen LogP contribution in [0.15, 0.2) is 82.6 Å². The molecule has 4 aromatic rings. The van der Waals surface area contributed by atoms with Gasteiger partial charge in [0.2, 0.25) is 5.91 Å². The number of nitrogens with zero attached hydrogens (tertiary/aromatic N) is 2. The summed E-state index contributed by atoms with van der Waals surface area (Å²) in [6.45, 7) is -1.75. The van der Waals surface area contributed by atoms with Gasteiger partial charge in [0.05, 0.1) is 28.2 Å². The highest BCUT2D eigenvalue weighted by atomic mass is 35.5. The lowest BCUT2D eigenvalue weighted by Gasteiger charge is -2.18. The van der Waals surface area contributed by atoms with Gasteiger partial charge < -0.3 is 20.5 Å². The standard InChI is InChI=1S/C32H25Cl2FN4O8S/c1-48-20-11-7-18(8-12-20)30(44)38-24-14-36-29(17-5-9-19(35)10-6-17)39(31(24)45)15-26(41)37-23(13-27(42)43)25(40)16-47-32(46)28-21(33)3-2-4-22(28)34/h2-12,14,23H,13,15-16H2,1H3,(H,37,41)(H,38,44)(H,42,43)/t23-/m0/s1. The Hall–Kier alpha value is -5.05. The van der Waals surface area contributed by atoms with E-state index in [1.54, 1.807) is 24.3 Å². The second kappa shape index (κ2) is 16.2.